The lowest BCUT2D eigenvalue weighted by atomic mass is 10.00. The van der Waals surface area contributed by atoms with Gasteiger partial charge in [-0.05, 0) is 48.4 Å². The van der Waals surface area contributed by atoms with E-state index in [0.717, 1.165) is 22.4 Å². The number of halogens is 2. The number of rotatable bonds is 6. The molecule has 1 atom stereocenters. The molecular formula is C25H22F2N2O2. The van der Waals surface area contributed by atoms with Crippen LogP contribution in [0.3, 0.4) is 0 Å². The van der Waals surface area contributed by atoms with Crippen LogP contribution >= 0.6 is 0 Å². The van der Waals surface area contributed by atoms with Crippen LogP contribution in [0, 0.1) is 18.6 Å². The van der Waals surface area contributed by atoms with Gasteiger partial charge in [-0.25, -0.2) is 8.78 Å². The van der Waals surface area contributed by atoms with E-state index in [1.165, 1.54) is 30.3 Å². The average Bonchev–Trinajstić information content (AvgIpc) is 3.23. The maximum Gasteiger partial charge on any atom is 0.254 e. The lowest BCUT2D eigenvalue weighted by molar-refractivity contribution is 0.0405. The van der Waals surface area contributed by atoms with Gasteiger partial charge in [-0.2, -0.15) is 0 Å². The summed E-state index contributed by atoms with van der Waals surface area (Å²) in [5.74, 6) is -1.14. The molecule has 6 heteroatoms. The molecule has 0 N–H and O–H groups in total. The fourth-order valence-corrected chi connectivity index (χ4v) is 3.66. The number of hydrogen-bond acceptors (Lipinski definition) is 3. The highest BCUT2D eigenvalue weighted by molar-refractivity contribution is 6.02. The molecule has 0 aromatic heterocycles. The minimum atomic E-state index is -0.477. The molecular weight excluding hydrogens is 398 g/mol. The monoisotopic (exact) mass is 420 g/mol. The van der Waals surface area contributed by atoms with Crippen LogP contribution in [0.15, 0.2) is 78.0 Å². The molecule has 0 fully saturated rings. The van der Waals surface area contributed by atoms with Gasteiger partial charge in [-0.15, -0.1) is 0 Å². The topological polar surface area (TPSA) is 41.9 Å². The third-order valence-corrected chi connectivity index (χ3v) is 5.26. The van der Waals surface area contributed by atoms with Crippen molar-refractivity contribution in [2.75, 3.05) is 6.54 Å². The van der Waals surface area contributed by atoms with E-state index in [4.69, 9.17) is 4.84 Å². The molecule has 1 aliphatic heterocycles. The van der Waals surface area contributed by atoms with Crippen LogP contribution in [0.4, 0.5) is 8.78 Å². The Labute approximate surface area is 179 Å². The number of nitrogens with zero attached hydrogens (tertiary/aromatic N) is 2. The molecule has 0 unspecified atom stereocenters. The number of aryl methyl sites for hydroxylation is 1. The van der Waals surface area contributed by atoms with Gasteiger partial charge >= 0.3 is 0 Å². The van der Waals surface area contributed by atoms with Gasteiger partial charge in [0.1, 0.15) is 11.6 Å². The molecule has 0 spiro atoms. The second-order valence-electron chi connectivity index (χ2n) is 7.61. The second-order valence-corrected chi connectivity index (χ2v) is 7.61. The standard InChI is InChI=1S/C25H22F2N2O2/c1-17-5-2-3-8-23(17)24-14-22(31-28-24)16-29(15-18-9-11-20(26)12-10-18)25(30)19-6-4-7-21(27)13-19/h2-13,22H,14-16H2,1H3/t22-/m1/s1. The van der Waals surface area contributed by atoms with Crippen molar-refractivity contribution in [3.63, 3.8) is 0 Å². The number of carbonyl (C=O) groups is 1. The lowest BCUT2D eigenvalue weighted by Gasteiger charge is -2.25. The first kappa shape index (κ1) is 20.7. The Hall–Kier alpha value is -3.54. The predicted molar refractivity (Wildman–Crippen MR) is 115 cm³/mol. The molecule has 0 radical (unpaired) electrons. The van der Waals surface area contributed by atoms with Gasteiger partial charge in [0.2, 0.25) is 0 Å². The smallest absolute Gasteiger partial charge is 0.254 e. The zero-order valence-electron chi connectivity index (χ0n) is 17.1. The van der Waals surface area contributed by atoms with Gasteiger partial charge < -0.3 is 9.74 Å². The molecule has 1 aliphatic rings. The molecule has 0 bridgehead atoms. The summed E-state index contributed by atoms with van der Waals surface area (Å²) in [5.41, 5.74) is 3.98. The number of hydrogen-bond donors (Lipinski definition) is 0. The van der Waals surface area contributed by atoms with E-state index in [-0.39, 0.29) is 36.5 Å². The molecule has 0 saturated carbocycles. The molecule has 4 nitrogen and oxygen atoms in total. The van der Waals surface area contributed by atoms with Gasteiger partial charge in [0.15, 0.2) is 6.10 Å². The van der Waals surface area contributed by atoms with Crippen molar-refractivity contribution in [2.45, 2.75) is 26.0 Å². The molecule has 1 amide bonds. The zero-order valence-corrected chi connectivity index (χ0v) is 17.1. The quantitative estimate of drug-likeness (QED) is 0.556. The molecule has 3 aromatic carbocycles. The third kappa shape index (κ3) is 4.97. The minimum Gasteiger partial charge on any atom is -0.390 e. The summed E-state index contributed by atoms with van der Waals surface area (Å²) >= 11 is 0. The summed E-state index contributed by atoms with van der Waals surface area (Å²) < 4.78 is 27.0. The van der Waals surface area contributed by atoms with E-state index < -0.39 is 5.82 Å². The van der Waals surface area contributed by atoms with Gasteiger partial charge in [0, 0.05) is 24.1 Å². The van der Waals surface area contributed by atoms with Gasteiger partial charge in [0.05, 0.1) is 12.3 Å². The van der Waals surface area contributed by atoms with Crippen molar-refractivity contribution in [1.82, 2.24) is 4.90 Å². The second kappa shape index (κ2) is 9.08. The normalized spacial score (nSPS) is 15.3. The Morgan fingerprint density at radius 2 is 1.81 bits per heavy atom. The molecule has 0 aliphatic carbocycles. The van der Waals surface area contributed by atoms with Crippen molar-refractivity contribution in [2.24, 2.45) is 5.16 Å². The summed E-state index contributed by atoms with van der Waals surface area (Å²) in [6.07, 6.45) is 0.230. The van der Waals surface area contributed by atoms with Gasteiger partial charge in [-0.1, -0.05) is 47.6 Å². The number of amides is 1. The van der Waals surface area contributed by atoms with Crippen molar-refractivity contribution in [3.05, 3.63) is 107 Å². The molecule has 158 valence electrons. The fourth-order valence-electron chi connectivity index (χ4n) is 3.66. The number of oxime groups is 1. The first-order chi connectivity index (χ1) is 15.0. The SMILES string of the molecule is Cc1ccccc1C1=NO[C@@H](CN(Cc2ccc(F)cc2)C(=O)c2cccc(F)c2)C1. The summed E-state index contributed by atoms with van der Waals surface area (Å²) in [4.78, 5) is 20.4. The Morgan fingerprint density at radius 1 is 1.03 bits per heavy atom. The average molecular weight is 420 g/mol. The highest BCUT2D eigenvalue weighted by Crippen LogP contribution is 2.22. The Bertz CT molecular complexity index is 1110. The molecule has 3 aromatic rings. The zero-order chi connectivity index (χ0) is 21.8. The fraction of sp³-hybridized carbons (Fsp3) is 0.200. The number of benzene rings is 3. The van der Waals surface area contributed by atoms with Crippen molar-refractivity contribution in [1.29, 1.82) is 0 Å². The first-order valence-electron chi connectivity index (χ1n) is 10.1. The van der Waals surface area contributed by atoms with Gasteiger partial charge in [-0.3, -0.25) is 4.79 Å². The van der Waals surface area contributed by atoms with Crippen molar-refractivity contribution < 1.29 is 18.4 Å². The highest BCUT2D eigenvalue weighted by atomic mass is 19.1. The Balaban J connectivity index is 1.52. The predicted octanol–water partition coefficient (Wildman–Crippen LogP) is 5.11. The van der Waals surface area contributed by atoms with Crippen LogP contribution in [0.25, 0.3) is 0 Å². The van der Waals surface area contributed by atoms with Crippen LogP contribution in [-0.2, 0) is 11.4 Å². The third-order valence-electron chi connectivity index (χ3n) is 5.26. The Morgan fingerprint density at radius 3 is 2.55 bits per heavy atom. The summed E-state index contributed by atoms with van der Waals surface area (Å²) in [6, 6.07) is 19.5. The molecule has 0 saturated heterocycles. The van der Waals surface area contributed by atoms with E-state index in [1.807, 2.05) is 31.2 Å². The summed E-state index contributed by atoms with van der Waals surface area (Å²) in [5, 5.41) is 4.24. The maximum atomic E-state index is 13.7. The largest absolute Gasteiger partial charge is 0.390 e. The Kier molecular flexibility index (Phi) is 6.07. The van der Waals surface area contributed by atoms with E-state index in [9.17, 15) is 13.6 Å². The molecule has 1 heterocycles. The van der Waals surface area contributed by atoms with E-state index in [0.29, 0.717) is 6.42 Å². The number of carbonyl (C=O) groups excluding carboxylic acids is 1. The van der Waals surface area contributed by atoms with Crippen LogP contribution in [0.1, 0.15) is 33.5 Å². The first-order valence-corrected chi connectivity index (χ1v) is 10.1. The van der Waals surface area contributed by atoms with Crippen LogP contribution < -0.4 is 0 Å². The maximum absolute atomic E-state index is 13.7. The summed E-state index contributed by atoms with van der Waals surface area (Å²) in [7, 11) is 0. The highest BCUT2D eigenvalue weighted by Gasteiger charge is 2.28. The molecule has 4 rings (SSSR count). The lowest BCUT2D eigenvalue weighted by Crippen LogP contribution is -2.37. The molecule has 31 heavy (non-hydrogen) atoms. The van der Waals surface area contributed by atoms with Crippen molar-refractivity contribution >= 4 is 11.6 Å². The van der Waals surface area contributed by atoms with E-state index in [2.05, 4.69) is 5.16 Å². The van der Waals surface area contributed by atoms with Crippen LogP contribution in [0.5, 0.6) is 0 Å². The van der Waals surface area contributed by atoms with Gasteiger partial charge in [0.25, 0.3) is 5.91 Å². The van der Waals surface area contributed by atoms with E-state index in [1.54, 1.807) is 23.1 Å². The van der Waals surface area contributed by atoms with Crippen LogP contribution in [-0.4, -0.2) is 29.2 Å². The summed E-state index contributed by atoms with van der Waals surface area (Å²) in [6.45, 7) is 2.53. The minimum absolute atomic E-state index is 0.245. The van der Waals surface area contributed by atoms with Crippen LogP contribution in [0.2, 0.25) is 0 Å². The van der Waals surface area contributed by atoms with Crippen molar-refractivity contribution in [3.8, 4) is 0 Å². The van der Waals surface area contributed by atoms with E-state index >= 15 is 0 Å².